The quantitative estimate of drug-likeness (QED) is 0.249. The molecular formula is C24H48O2. The maximum absolute atomic E-state index is 11.0. The molecule has 0 heterocycles. The maximum Gasteiger partial charge on any atom is 0.120 e. The van der Waals surface area contributed by atoms with Gasteiger partial charge in [-0.05, 0) is 53.8 Å². The van der Waals surface area contributed by atoms with Gasteiger partial charge in [0.15, 0.2) is 0 Å². The van der Waals surface area contributed by atoms with Crippen LogP contribution in [0.3, 0.4) is 0 Å². The first-order valence-electron chi connectivity index (χ1n) is 10.7. The van der Waals surface area contributed by atoms with Gasteiger partial charge in [0.25, 0.3) is 0 Å². The van der Waals surface area contributed by atoms with Crippen molar-refractivity contribution in [2.24, 2.45) is 21.7 Å². The summed E-state index contributed by atoms with van der Waals surface area (Å²) >= 11 is 0. The topological polar surface area (TPSA) is 26.3 Å². The predicted molar refractivity (Wildman–Crippen MR) is 115 cm³/mol. The van der Waals surface area contributed by atoms with Crippen molar-refractivity contribution in [1.82, 2.24) is 0 Å². The Balaban J connectivity index is 5.10. The number of carbonyl (C=O) groups is 1. The van der Waals surface area contributed by atoms with Crippen LogP contribution < -0.4 is 0 Å². The minimum Gasteiger partial charge on any atom is -0.378 e. The number of hydrogen-bond donors (Lipinski definition) is 0. The summed E-state index contributed by atoms with van der Waals surface area (Å²) in [5.74, 6) is 0. The molecule has 0 fully saturated rings. The molecular weight excluding hydrogens is 320 g/mol. The van der Waals surface area contributed by atoms with E-state index in [2.05, 4.69) is 69.2 Å². The van der Waals surface area contributed by atoms with Gasteiger partial charge in [-0.15, -0.1) is 0 Å². The first kappa shape index (κ1) is 25.6. The lowest BCUT2D eigenvalue weighted by Gasteiger charge is -2.41. The summed E-state index contributed by atoms with van der Waals surface area (Å²) in [5.41, 5.74) is 0.763. The molecule has 0 bridgehead atoms. The highest BCUT2D eigenvalue weighted by Gasteiger charge is 2.37. The Morgan fingerprint density at radius 2 is 1.46 bits per heavy atom. The van der Waals surface area contributed by atoms with E-state index in [-0.39, 0.29) is 16.9 Å². The molecule has 0 aromatic rings. The molecule has 1 atom stereocenters. The average Bonchev–Trinajstić information content (AvgIpc) is 2.38. The van der Waals surface area contributed by atoms with E-state index in [9.17, 15) is 4.79 Å². The van der Waals surface area contributed by atoms with Gasteiger partial charge in [-0.3, -0.25) is 0 Å². The zero-order valence-electron chi connectivity index (χ0n) is 19.6. The number of hydrogen-bond acceptors (Lipinski definition) is 2. The Kier molecular flexibility index (Phi) is 10.1. The molecule has 0 aliphatic heterocycles. The van der Waals surface area contributed by atoms with E-state index < -0.39 is 0 Å². The van der Waals surface area contributed by atoms with Gasteiger partial charge in [0, 0.05) is 13.0 Å². The van der Waals surface area contributed by atoms with Gasteiger partial charge in [0.05, 0.1) is 6.10 Å². The van der Waals surface area contributed by atoms with Crippen molar-refractivity contribution in [1.29, 1.82) is 0 Å². The molecule has 0 spiro atoms. The second-order valence-corrected chi connectivity index (χ2v) is 11.9. The molecule has 0 saturated carbocycles. The molecule has 0 aromatic carbocycles. The fourth-order valence-corrected chi connectivity index (χ4v) is 4.76. The average molecular weight is 369 g/mol. The molecule has 2 heteroatoms. The Hall–Kier alpha value is -0.370. The first-order chi connectivity index (χ1) is 11.6. The fourth-order valence-electron chi connectivity index (χ4n) is 4.76. The van der Waals surface area contributed by atoms with Crippen molar-refractivity contribution in [3.05, 3.63) is 0 Å². The molecule has 2 nitrogen and oxygen atoms in total. The van der Waals surface area contributed by atoms with E-state index >= 15 is 0 Å². The highest BCUT2D eigenvalue weighted by atomic mass is 16.5. The molecule has 0 aliphatic carbocycles. The largest absolute Gasteiger partial charge is 0.378 e. The van der Waals surface area contributed by atoms with E-state index in [1.54, 1.807) is 0 Å². The second kappa shape index (κ2) is 10.2. The molecule has 0 N–H and O–H groups in total. The zero-order valence-corrected chi connectivity index (χ0v) is 19.6. The zero-order chi connectivity index (χ0) is 20.6. The van der Waals surface area contributed by atoms with Crippen LogP contribution in [0.4, 0.5) is 0 Å². The monoisotopic (exact) mass is 368 g/mol. The van der Waals surface area contributed by atoms with Crippen LogP contribution in [0.15, 0.2) is 0 Å². The highest BCUT2D eigenvalue weighted by Crippen LogP contribution is 2.43. The van der Waals surface area contributed by atoms with Gasteiger partial charge in [0.2, 0.25) is 0 Å². The van der Waals surface area contributed by atoms with Gasteiger partial charge in [-0.2, -0.15) is 0 Å². The van der Waals surface area contributed by atoms with Crippen LogP contribution in [0.2, 0.25) is 0 Å². The summed E-state index contributed by atoms with van der Waals surface area (Å²) in [6.07, 6.45) is 8.72. The summed E-state index contributed by atoms with van der Waals surface area (Å²) in [5, 5.41) is 0. The SMILES string of the molecule is CCCCOC(CCC(C)(C)CC(C)(C)C)C(C)(C)CC(C)(C)CC=O. The Morgan fingerprint density at radius 3 is 1.92 bits per heavy atom. The number of carbonyl (C=O) groups excluding carboxylic acids is 1. The normalized spacial score (nSPS) is 15.2. The summed E-state index contributed by atoms with van der Waals surface area (Å²) in [6, 6.07) is 0. The van der Waals surface area contributed by atoms with Crippen molar-refractivity contribution >= 4 is 6.29 Å². The van der Waals surface area contributed by atoms with Crippen molar-refractivity contribution in [3.8, 4) is 0 Å². The Bertz CT molecular complexity index is 399. The van der Waals surface area contributed by atoms with Crippen molar-refractivity contribution in [2.45, 2.75) is 120 Å². The minimum atomic E-state index is 0.0263. The van der Waals surface area contributed by atoms with Crippen LogP contribution in [-0.4, -0.2) is 19.0 Å². The number of ether oxygens (including phenoxy) is 1. The maximum atomic E-state index is 11.0. The smallest absolute Gasteiger partial charge is 0.120 e. The molecule has 0 rings (SSSR count). The van der Waals surface area contributed by atoms with E-state index in [4.69, 9.17) is 4.74 Å². The third-order valence-corrected chi connectivity index (χ3v) is 5.35. The van der Waals surface area contributed by atoms with E-state index in [0.29, 0.717) is 17.3 Å². The molecule has 26 heavy (non-hydrogen) atoms. The molecule has 0 aromatic heterocycles. The Morgan fingerprint density at radius 1 is 0.885 bits per heavy atom. The van der Waals surface area contributed by atoms with Crippen molar-refractivity contribution in [2.75, 3.05) is 6.61 Å². The van der Waals surface area contributed by atoms with Crippen LogP contribution in [0.25, 0.3) is 0 Å². The summed E-state index contributed by atoms with van der Waals surface area (Å²) in [4.78, 5) is 11.0. The molecule has 0 radical (unpaired) electrons. The van der Waals surface area contributed by atoms with E-state index in [1.165, 1.54) is 19.3 Å². The van der Waals surface area contributed by atoms with Gasteiger partial charge in [-0.25, -0.2) is 0 Å². The van der Waals surface area contributed by atoms with Gasteiger partial charge in [-0.1, -0.05) is 75.7 Å². The van der Waals surface area contributed by atoms with E-state index in [0.717, 1.165) is 32.2 Å². The number of rotatable bonds is 13. The predicted octanol–water partition coefficient (Wildman–Crippen LogP) is 7.45. The van der Waals surface area contributed by atoms with Crippen LogP contribution in [-0.2, 0) is 9.53 Å². The molecule has 0 amide bonds. The van der Waals surface area contributed by atoms with Crippen LogP contribution in [0, 0.1) is 21.7 Å². The van der Waals surface area contributed by atoms with Gasteiger partial charge in [0.1, 0.15) is 6.29 Å². The lowest BCUT2D eigenvalue weighted by atomic mass is 9.68. The van der Waals surface area contributed by atoms with Crippen LogP contribution in [0.5, 0.6) is 0 Å². The molecule has 0 aliphatic rings. The van der Waals surface area contributed by atoms with Crippen LogP contribution >= 0.6 is 0 Å². The summed E-state index contributed by atoms with van der Waals surface area (Å²) < 4.78 is 6.41. The molecule has 0 saturated heterocycles. The highest BCUT2D eigenvalue weighted by molar-refractivity contribution is 5.50. The molecule has 156 valence electrons. The number of unbranched alkanes of at least 4 members (excludes halogenated alkanes) is 1. The van der Waals surface area contributed by atoms with Crippen molar-refractivity contribution in [3.63, 3.8) is 0 Å². The van der Waals surface area contributed by atoms with Crippen molar-refractivity contribution < 1.29 is 9.53 Å². The Labute approximate surface area is 164 Å². The van der Waals surface area contributed by atoms with Gasteiger partial charge >= 0.3 is 0 Å². The van der Waals surface area contributed by atoms with Crippen LogP contribution in [0.1, 0.15) is 114 Å². The second-order valence-electron chi connectivity index (χ2n) is 11.9. The summed E-state index contributed by atoms with van der Waals surface area (Å²) in [7, 11) is 0. The third kappa shape index (κ3) is 11.4. The lowest BCUT2D eigenvalue weighted by molar-refractivity contribution is -0.110. The first-order valence-corrected chi connectivity index (χ1v) is 10.7. The standard InChI is InChI=1S/C24H48O2/c1-11-12-17-26-20(13-14-22(5,6)18-21(2,3)4)24(9,10)19-23(7,8)15-16-25/h16,20H,11-15,17-19H2,1-10H3. The third-order valence-electron chi connectivity index (χ3n) is 5.35. The lowest BCUT2D eigenvalue weighted by Crippen LogP contribution is -2.37. The van der Waals surface area contributed by atoms with E-state index in [1.807, 2.05) is 0 Å². The van der Waals surface area contributed by atoms with Gasteiger partial charge < -0.3 is 9.53 Å². The molecule has 1 unspecified atom stereocenters. The minimum absolute atomic E-state index is 0.0263. The number of aldehydes is 1. The fraction of sp³-hybridized carbons (Fsp3) is 0.958. The summed E-state index contributed by atoms with van der Waals surface area (Å²) in [6.45, 7) is 23.9.